The minimum absolute atomic E-state index is 0.0935. The number of aliphatic hydroxyl groups is 1. The van der Waals surface area contributed by atoms with E-state index in [1.165, 1.54) is 12.3 Å². The zero-order valence-corrected chi connectivity index (χ0v) is 9.83. The smallest absolute Gasteiger partial charge is 0.256 e. The van der Waals surface area contributed by atoms with Crippen molar-refractivity contribution in [2.24, 2.45) is 0 Å². The van der Waals surface area contributed by atoms with E-state index in [0.717, 1.165) is 17.7 Å². The van der Waals surface area contributed by atoms with Crippen LogP contribution in [-0.2, 0) is 14.3 Å². The molecule has 2 N–H and O–H groups in total. The monoisotopic (exact) mass is 242 g/mol. The summed E-state index contributed by atoms with van der Waals surface area (Å²) >= 11 is 0. The van der Waals surface area contributed by atoms with Gasteiger partial charge in [-0.1, -0.05) is 0 Å². The Hall–Kier alpha value is -1.40. The van der Waals surface area contributed by atoms with Gasteiger partial charge in [0.1, 0.15) is 6.23 Å². The van der Waals surface area contributed by atoms with E-state index >= 15 is 0 Å². The lowest BCUT2D eigenvalue weighted by molar-refractivity contribution is -0.166. The van der Waals surface area contributed by atoms with Crippen molar-refractivity contribution in [1.29, 1.82) is 0 Å². The normalized spacial score (nSPS) is 24.6. The SMILES string of the molecule is CN/C=C\C(=O)N(C=O)C1CCCC(CO)O1. The Bertz CT molecular complexity index is 293. The molecule has 1 aliphatic heterocycles. The van der Waals surface area contributed by atoms with Crippen LogP contribution in [0.5, 0.6) is 0 Å². The highest BCUT2D eigenvalue weighted by molar-refractivity contribution is 5.94. The molecule has 1 saturated heterocycles. The number of imide groups is 1. The van der Waals surface area contributed by atoms with Gasteiger partial charge in [-0.3, -0.25) is 14.5 Å². The summed E-state index contributed by atoms with van der Waals surface area (Å²) in [6, 6.07) is 0. The van der Waals surface area contributed by atoms with Gasteiger partial charge in [0.15, 0.2) is 0 Å². The molecule has 0 bridgehead atoms. The van der Waals surface area contributed by atoms with Crippen molar-refractivity contribution in [2.75, 3.05) is 13.7 Å². The molecule has 1 fully saturated rings. The fraction of sp³-hybridized carbons (Fsp3) is 0.636. The minimum Gasteiger partial charge on any atom is -0.394 e. The second kappa shape index (κ2) is 7.03. The van der Waals surface area contributed by atoms with Crippen LogP contribution in [0.2, 0.25) is 0 Å². The molecule has 0 saturated carbocycles. The number of carbonyl (C=O) groups excluding carboxylic acids is 2. The Labute approximate surface area is 100 Å². The van der Waals surface area contributed by atoms with E-state index in [1.54, 1.807) is 7.05 Å². The molecule has 0 radical (unpaired) electrons. The lowest BCUT2D eigenvalue weighted by Gasteiger charge is -2.33. The third-order valence-corrected chi connectivity index (χ3v) is 2.60. The number of hydrogen-bond donors (Lipinski definition) is 2. The van der Waals surface area contributed by atoms with Crippen LogP contribution in [0.25, 0.3) is 0 Å². The van der Waals surface area contributed by atoms with Crippen molar-refractivity contribution < 1.29 is 19.4 Å². The van der Waals surface area contributed by atoms with E-state index in [2.05, 4.69) is 5.32 Å². The highest BCUT2D eigenvalue weighted by atomic mass is 16.5. The van der Waals surface area contributed by atoms with E-state index in [1.807, 2.05) is 0 Å². The van der Waals surface area contributed by atoms with Gasteiger partial charge in [-0.05, 0) is 19.3 Å². The van der Waals surface area contributed by atoms with Gasteiger partial charge in [0, 0.05) is 19.3 Å². The largest absolute Gasteiger partial charge is 0.394 e. The third kappa shape index (κ3) is 3.83. The van der Waals surface area contributed by atoms with Gasteiger partial charge in [0.25, 0.3) is 5.91 Å². The average molecular weight is 242 g/mol. The van der Waals surface area contributed by atoms with Gasteiger partial charge in [-0.15, -0.1) is 0 Å². The summed E-state index contributed by atoms with van der Waals surface area (Å²) in [5, 5.41) is 11.7. The Kier molecular flexibility index (Phi) is 5.65. The predicted molar refractivity (Wildman–Crippen MR) is 60.7 cm³/mol. The van der Waals surface area contributed by atoms with E-state index in [9.17, 15) is 9.59 Å². The zero-order valence-electron chi connectivity index (χ0n) is 9.83. The first kappa shape index (κ1) is 13.7. The van der Waals surface area contributed by atoms with Crippen LogP contribution >= 0.6 is 0 Å². The van der Waals surface area contributed by atoms with Crippen LogP contribution in [0.1, 0.15) is 19.3 Å². The fourth-order valence-electron chi connectivity index (χ4n) is 1.72. The number of aliphatic hydroxyl groups excluding tert-OH is 1. The van der Waals surface area contributed by atoms with Gasteiger partial charge in [-0.25, -0.2) is 0 Å². The molecule has 1 heterocycles. The summed E-state index contributed by atoms with van der Waals surface area (Å²) < 4.78 is 5.46. The van der Waals surface area contributed by atoms with E-state index in [-0.39, 0.29) is 12.7 Å². The van der Waals surface area contributed by atoms with Crippen molar-refractivity contribution in [3.05, 3.63) is 12.3 Å². The van der Waals surface area contributed by atoms with Gasteiger partial charge in [-0.2, -0.15) is 0 Å². The summed E-state index contributed by atoms with van der Waals surface area (Å²) in [5.41, 5.74) is 0. The second-order valence-corrected chi connectivity index (χ2v) is 3.80. The van der Waals surface area contributed by atoms with E-state index in [4.69, 9.17) is 9.84 Å². The maximum atomic E-state index is 11.7. The first-order chi connectivity index (χ1) is 8.22. The molecule has 1 rings (SSSR count). The molecular formula is C11H18N2O4. The van der Waals surface area contributed by atoms with Gasteiger partial charge in [0.2, 0.25) is 6.41 Å². The lowest BCUT2D eigenvalue weighted by Crippen LogP contribution is -2.45. The molecule has 96 valence electrons. The molecule has 0 aromatic heterocycles. The first-order valence-electron chi connectivity index (χ1n) is 5.60. The number of rotatable bonds is 5. The van der Waals surface area contributed by atoms with Crippen LogP contribution in [0.15, 0.2) is 12.3 Å². The van der Waals surface area contributed by atoms with Crippen LogP contribution in [0.4, 0.5) is 0 Å². The highest BCUT2D eigenvalue weighted by Crippen LogP contribution is 2.21. The Morgan fingerprint density at radius 3 is 2.94 bits per heavy atom. The molecular weight excluding hydrogens is 224 g/mol. The van der Waals surface area contributed by atoms with E-state index < -0.39 is 12.1 Å². The molecule has 0 spiro atoms. The van der Waals surface area contributed by atoms with Crippen LogP contribution < -0.4 is 5.32 Å². The standard InChI is InChI=1S/C11H18N2O4/c1-12-6-5-10(16)13(8-15)11-4-2-3-9(7-14)17-11/h5-6,8-9,11-12,14H,2-4,7H2,1H3/b6-5-. The van der Waals surface area contributed by atoms with Crippen molar-refractivity contribution in [2.45, 2.75) is 31.6 Å². The Balaban J connectivity index is 2.63. The van der Waals surface area contributed by atoms with Crippen LogP contribution in [0.3, 0.4) is 0 Å². The molecule has 0 aromatic rings. The predicted octanol–water partition coefficient (Wildman–Crippen LogP) is -0.408. The summed E-state index contributed by atoms with van der Waals surface area (Å²) in [7, 11) is 1.66. The molecule has 17 heavy (non-hydrogen) atoms. The number of amides is 2. The summed E-state index contributed by atoms with van der Waals surface area (Å²) in [6.45, 7) is -0.0935. The van der Waals surface area contributed by atoms with Crippen molar-refractivity contribution in [1.82, 2.24) is 10.2 Å². The van der Waals surface area contributed by atoms with Gasteiger partial charge in [0.05, 0.1) is 12.7 Å². The molecule has 2 unspecified atom stereocenters. The molecule has 0 aromatic carbocycles. The van der Waals surface area contributed by atoms with Crippen molar-refractivity contribution in [3.8, 4) is 0 Å². The maximum absolute atomic E-state index is 11.7. The highest BCUT2D eigenvalue weighted by Gasteiger charge is 2.28. The number of carbonyl (C=O) groups is 2. The topological polar surface area (TPSA) is 78.9 Å². The van der Waals surface area contributed by atoms with E-state index in [0.29, 0.717) is 12.8 Å². The van der Waals surface area contributed by atoms with Crippen molar-refractivity contribution in [3.63, 3.8) is 0 Å². The lowest BCUT2D eigenvalue weighted by atomic mass is 10.1. The molecule has 2 amide bonds. The fourth-order valence-corrected chi connectivity index (χ4v) is 1.72. The summed E-state index contributed by atoms with van der Waals surface area (Å²) in [4.78, 5) is 23.6. The Morgan fingerprint density at radius 2 is 2.35 bits per heavy atom. The Morgan fingerprint density at radius 1 is 1.59 bits per heavy atom. The second-order valence-electron chi connectivity index (χ2n) is 3.80. The van der Waals surface area contributed by atoms with Crippen LogP contribution in [0, 0.1) is 0 Å². The van der Waals surface area contributed by atoms with Gasteiger partial charge >= 0.3 is 0 Å². The van der Waals surface area contributed by atoms with Crippen molar-refractivity contribution >= 4 is 12.3 Å². The number of nitrogens with one attached hydrogen (secondary N) is 1. The summed E-state index contributed by atoms with van der Waals surface area (Å²) in [5.74, 6) is -0.432. The number of nitrogens with zero attached hydrogens (tertiary/aromatic N) is 1. The van der Waals surface area contributed by atoms with Crippen LogP contribution in [-0.4, -0.2) is 48.3 Å². The molecule has 1 aliphatic rings. The first-order valence-corrected chi connectivity index (χ1v) is 5.60. The zero-order chi connectivity index (χ0) is 12.7. The number of hydrogen-bond acceptors (Lipinski definition) is 5. The average Bonchev–Trinajstić information content (AvgIpc) is 2.37. The summed E-state index contributed by atoms with van der Waals surface area (Å²) in [6.07, 6.45) is 4.49. The van der Waals surface area contributed by atoms with Gasteiger partial charge < -0.3 is 15.2 Å². The number of ether oxygens (including phenoxy) is 1. The molecule has 2 atom stereocenters. The third-order valence-electron chi connectivity index (χ3n) is 2.60. The molecule has 6 nitrogen and oxygen atoms in total. The molecule has 0 aliphatic carbocycles. The quantitative estimate of drug-likeness (QED) is 0.506. The maximum Gasteiger partial charge on any atom is 0.256 e. The molecule has 6 heteroatoms. The minimum atomic E-state index is -0.576.